The van der Waals surface area contributed by atoms with Crippen molar-refractivity contribution >= 4 is 127 Å². The minimum atomic E-state index is -2.82. The number of sulfone groups is 2. The Morgan fingerprint density at radius 3 is 1.28 bits per heavy atom. The molecule has 0 N–H and O–H groups in total. The van der Waals surface area contributed by atoms with Gasteiger partial charge in [0, 0.05) is 26.2 Å². The van der Waals surface area contributed by atoms with E-state index in [0.717, 1.165) is 0 Å². The van der Waals surface area contributed by atoms with Crippen LogP contribution in [0.2, 0.25) is 0 Å². The number of thiocarbonyl (C=S) groups is 2. The average molecular weight is 586 g/mol. The maximum absolute atomic E-state index is 11.1. The number of nitrogens with zero attached hydrogens (tertiary/aromatic N) is 2. The van der Waals surface area contributed by atoms with Crippen molar-refractivity contribution in [2.24, 2.45) is 0 Å². The molecule has 2 aliphatic rings. The second kappa shape index (κ2) is 11.0. The van der Waals surface area contributed by atoms with E-state index in [1.807, 2.05) is 0 Å². The van der Waals surface area contributed by atoms with E-state index >= 15 is 0 Å². The fourth-order valence-electron chi connectivity index (χ4n) is 2.46. The molecule has 0 aromatic carbocycles. The van der Waals surface area contributed by atoms with Crippen molar-refractivity contribution in [2.45, 2.75) is 24.9 Å². The molecular weight excluding hydrogens is 566 g/mol. The molecule has 13 heteroatoms. The maximum Gasteiger partial charge on any atom is 2.00 e. The summed E-state index contributed by atoms with van der Waals surface area (Å²) < 4.78 is 44.9. The first-order valence-corrected chi connectivity index (χ1v) is 12.4. The van der Waals surface area contributed by atoms with Crippen LogP contribution < -0.4 is 0 Å². The summed E-state index contributed by atoms with van der Waals surface area (Å²) in [6.07, 6.45) is 1.30. The molecule has 0 amide bonds. The molecule has 25 heavy (non-hydrogen) atoms. The monoisotopic (exact) mass is 586 g/mol. The van der Waals surface area contributed by atoms with Crippen molar-refractivity contribution < 1.29 is 16.8 Å². The van der Waals surface area contributed by atoms with E-state index < -0.39 is 19.7 Å². The molecule has 2 heterocycles. The third-order valence-electron chi connectivity index (χ3n) is 4.09. The van der Waals surface area contributed by atoms with Gasteiger partial charge in [-0.25, -0.2) is 16.8 Å². The largest absolute Gasteiger partial charge is 2.00 e. The molecule has 2 fully saturated rings. The van der Waals surface area contributed by atoms with Gasteiger partial charge >= 0.3 is 48.9 Å². The van der Waals surface area contributed by atoms with Crippen molar-refractivity contribution in [3.05, 3.63) is 0 Å². The van der Waals surface area contributed by atoms with Crippen LogP contribution in [-0.2, 0) is 44.9 Å². The Morgan fingerprint density at radius 2 is 1.12 bits per heavy atom. The molecule has 0 aromatic rings. The SMILES string of the molecule is CN(C(=S)[S-])C1CCS(=O)(=O)C1.CN(C(=S)[S-])C1CCS(=O)(=O)C1.[Ba+2]. The topological polar surface area (TPSA) is 74.8 Å². The number of hydrogen-bond donors (Lipinski definition) is 0. The molecule has 6 nitrogen and oxygen atoms in total. The zero-order valence-electron chi connectivity index (χ0n) is 14.1. The summed E-state index contributed by atoms with van der Waals surface area (Å²) in [5.74, 6) is 0.917. The van der Waals surface area contributed by atoms with Gasteiger partial charge in [0.1, 0.15) is 0 Å². The Labute approximate surface area is 212 Å². The Morgan fingerprint density at radius 1 is 0.840 bits per heavy atom. The normalized spacial score (nSPS) is 25.8. The maximum atomic E-state index is 11.1. The molecule has 140 valence electrons. The van der Waals surface area contributed by atoms with Gasteiger partial charge in [-0.05, 0) is 12.8 Å². The molecule has 0 radical (unpaired) electrons. The first-order chi connectivity index (χ1) is 10.8. The molecule has 2 saturated heterocycles. The van der Waals surface area contributed by atoms with Gasteiger partial charge in [-0.2, -0.15) is 0 Å². The van der Waals surface area contributed by atoms with Gasteiger partial charge in [0.05, 0.1) is 23.0 Å². The van der Waals surface area contributed by atoms with Crippen LogP contribution in [0.4, 0.5) is 0 Å². The third-order valence-corrected chi connectivity index (χ3v) is 8.74. The molecule has 0 bridgehead atoms. The summed E-state index contributed by atoms with van der Waals surface area (Å²) in [5.41, 5.74) is 0. The van der Waals surface area contributed by atoms with Crippen LogP contribution in [0.5, 0.6) is 0 Å². The molecule has 2 unspecified atom stereocenters. The van der Waals surface area contributed by atoms with E-state index in [0.29, 0.717) is 21.5 Å². The average Bonchev–Trinajstić information content (AvgIpc) is 2.99. The van der Waals surface area contributed by atoms with Gasteiger partial charge in [0.15, 0.2) is 19.7 Å². The Hall–Kier alpha value is 1.69. The van der Waals surface area contributed by atoms with Crippen LogP contribution in [0, 0.1) is 0 Å². The molecular formula is C12H20BaN2O4S6. The van der Waals surface area contributed by atoms with Gasteiger partial charge in [-0.3, -0.25) is 0 Å². The smallest absolute Gasteiger partial charge is 0.411 e. The molecule has 2 atom stereocenters. The molecule has 0 aromatic heterocycles. The fraction of sp³-hybridized carbons (Fsp3) is 0.833. The van der Waals surface area contributed by atoms with Crippen LogP contribution in [-0.4, -0.2) is 133 Å². The summed E-state index contributed by atoms with van der Waals surface area (Å²) in [5, 5.41) is 0. The van der Waals surface area contributed by atoms with E-state index in [4.69, 9.17) is 49.7 Å². The van der Waals surface area contributed by atoms with E-state index in [1.54, 1.807) is 23.9 Å². The molecule has 2 aliphatic heterocycles. The molecule has 0 aliphatic carbocycles. The first kappa shape index (κ1) is 26.7. The first-order valence-electron chi connectivity index (χ1n) is 7.13. The van der Waals surface area contributed by atoms with Gasteiger partial charge in [-0.15, -0.1) is 0 Å². The van der Waals surface area contributed by atoms with E-state index in [1.165, 1.54) is 0 Å². The Bertz CT molecular complexity index is 636. The second-order valence-electron chi connectivity index (χ2n) is 5.87. The zero-order valence-corrected chi connectivity index (χ0v) is 23.4. The molecule has 2 rings (SSSR count). The molecule has 0 spiro atoms. The predicted molar refractivity (Wildman–Crippen MR) is 115 cm³/mol. The van der Waals surface area contributed by atoms with Gasteiger partial charge in [0.2, 0.25) is 0 Å². The van der Waals surface area contributed by atoms with Crippen LogP contribution in [0.3, 0.4) is 0 Å². The fourth-order valence-corrected chi connectivity index (χ4v) is 6.60. The predicted octanol–water partition coefficient (Wildman–Crippen LogP) is -0.507. The Balaban J connectivity index is 0.000000443. The summed E-state index contributed by atoms with van der Waals surface area (Å²) in [7, 11) is -2.14. The van der Waals surface area contributed by atoms with E-state index in [-0.39, 0.29) is 84.0 Å². The zero-order chi connectivity index (χ0) is 18.7. The summed E-state index contributed by atoms with van der Waals surface area (Å²) in [6.45, 7) is 0. The quantitative estimate of drug-likeness (QED) is 0.240. The second-order valence-corrected chi connectivity index (χ2v) is 12.4. The minimum absolute atomic E-state index is 0. The summed E-state index contributed by atoms with van der Waals surface area (Å²) in [4.78, 5) is 3.38. The van der Waals surface area contributed by atoms with Gasteiger partial charge < -0.3 is 59.5 Å². The van der Waals surface area contributed by atoms with E-state index in [9.17, 15) is 16.8 Å². The van der Waals surface area contributed by atoms with Crippen molar-refractivity contribution in [1.29, 1.82) is 0 Å². The van der Waals surface area contributed by atoms with Crippen molar-refractivity contribution in [1.82, 2.24) is 9.80 Å². The summed E-state index contributed by atoms with van der Waals surface area (Å²) >= 11 is 19.1. The van der Waals surface area contributed by atoms with Gasteiger partial charge in [0.25, 0.3) is 0 Å². The van der Waals surface area contributed by atoms with Crippen LogP contribution in [0.15, 0.2) is 0 Å². The number of hydrogen-bond acceptors (Lipinski definition) is 8. The van der Waals surface area contributed by atoms with E-state index in [2.05, 4.69) is 0 Å². The van der Waals surface area contributed by atoms with Gasteiger partial charge in [-0.1, -0.05) is 8.64 Å². The molecule has 0 saturated carbocycles. The third kappa shape index (κ3) is 9.15. The minimum Gasteiger partial charge on any atom is -0.411 e. The van der Waals surface area contributed by atoms with Crippen LogP contribution in [0.1, 0.15) is 12.8 Å². The Kier molecular flexibility index (Phi) is 11.8. The van der Waals surface area contributed by atoms with Crippen molar-refractivity contribution in [3.63, 3.8) is 0 Å². The number of rotatable bonds is 2. The van der Waals surface area contributed by atoms with Crippen LogP contribution >= 0.6 is 24.4 Å². The van der Waals surface area contributed by atoms with Crippen LogP contribution in [0.25, 0.3) is 0 Å². The summed E-state index contributed by atoms with van der Waals surface area (Å²) in [6, 6.07) is -0.000000000000000444. The van der Waals surface area contributed by atoms with Crippen molar-refractivity contribution in [2.75, 3.05) is 37.1 Å². The standard InChI is InChI=1S/2C6H11NO2S3.Ba/c2*1-7(6(10)11)5-2-3-12(8,9)4-5;/h2*5H,2-4H2,1H3,(H,10,11);/q;;+2/p-2. The van der Waals surface area contributed by atoms with Crippen molar-refractivity contribution in [3.8, 4) is 0 Å².